The van der Waals surface area contributed by atoms with E-state index >= 15 is 0 Å². The van der Waals surface area contributed by atoms with Crippen molar-refractivity contribution in [3.8, 4) is 5.75 Å². The van der Waals surface area contributed by atoms with Gasteiger partial charge >= 0.3 is 0 Å². The third kappa shape index (κ3) is 4.00. The van der Waals surface area contributed by atoms with Gasteiger partial charge in [-0.05, 0) is 37.8 Å². The lowest BCUT2D eigenvalue weighted by molar-refractivity contribution is -0.142. The summed E-state index contributed by atoms with van der Waals surface area (Å²) in [6.45, 7) is 2.47. The van der Waals surface area contributed by atoms with Gasteiger partial charge in [0, 0.05) is 19.2 Å². The second kappa shape index (κ2) is 8.13. The van der Waals surface area contributed by atoms with E-state index < -0.39 is 6.10 Å². The molecule has 2 heterocycles. The van der Waals surface area contributed by atoms with E-state index in [0.29, 0.717) is 32.1 Å². The maximum absolute atomic E-state index is 13.0. The molecule has 0 bridgehead atoms. The quantitative estimate of drug-likeness (QED) is 0.751. The van der Waals surface area contributed by atoms with Crippen LogP contribution < -0.4 is 9.64 Å². The van der Waals surface area contributed by atoms with E-state index in [1.165, 1.54) is 12.0 Å². The first-order valence-corrected chi connectivity index (χ1v) is 9.85. The SMILES string of the molecule is O=C(C1CN(C(=O)C=C2CCCCC2)c2ccccc2O1)N1CCOCC1. The molecule has 0 spiro atoms. The normalized spacial score (nSPS) is 22.7. The van der Waals surface area contributed by atoms with Gasteiger partial charge in [0.1, 0.15) is 5.75 Å². The molecule has 1 atom stereocenters. The number of allylic oxidation sites excluding steroid dienone is 1. The van der Waals surface area contributed by atoms with Crippen molar-refractivity contribution in [2.45, 2.75) is 38.2 Å². The first-order chi connectivity index (χ1) is 13.2. The predicted molar refractivity (Wildman–Crippen MR) is 102 cm³/mol. The molecular weight excluding hydrogens is 344 g/mol. The summed E-state index contributed by atoms with van der Waals surface area (Å²) >= 11 is 0. The second-order valence-corrected chi connectivity index (χ2v) is 7.32. The molecule has 1 aromatic carbocycles. The van der Waals surface area contributed by atoms with Crippen LogP contribution >= 0.6 is 0 Å². The molecule has 1 saturated heterocycles. The standard InChI is InChI=1S/C21H26N2O4/c24-20(14-16-6-2-1-3-7-16)23-15-19(21(25)22-10-12-26-13-11-22)27-18-9-5-4-8-17(18)23/h4-5,8-9,14,19H,1-3,6-7,10-13,15H2. The van der Waals surface area contributed by atoms with Crippen molar-refractivity contribution >= 4 is 17.5 Å². The molecule has 2 fully saturated rings. The van der Waals surface area contributed by atoms with Crippen LogP contribution in [-0.2, 0) is 14.3 Å². The Morgan fingerprint density at radius 3 is 2.56 bits per heavy atom. The highest BCUT2D eigenvalue weighted by atomic mass is 16.5. The molecule has 0 N–H and O–H groups in total. The van der Waals surface area contributed by atoms with Crippen LogP contribution in [0.15, 0.2) is 35.9 Å². The lowest BCUT2D eigenvalue weighted by Gasteiger charge is -2.37. The summed E-state index contributed by atoms with van der Waals surface area (Å²) in [5, 5.41) is 0. The van der Waals surface area contributed by atoms with Gasteiger partial charge in [0.2, 0.25) is 0 Å². The molecule has 6 heteroatoms. The minimum Gasteiger partial charge on any atom is -0.476 e. The van der Waals surface area contributed by atoms with Crippen LogP contribution in [-0.4, -0.2) is 55.7 Å². The van der Waals surface area contributed by atoms with Crippen molar-refractivity contribution in [1.29, 1.82) is 0 Å². The van der Waals surface area contributed by atoms with Crippen LogP contribution in [0.1, 0.15) is 32.1 Å². The molecule has 6 nitrogen and oxygen atoms in total. The fraction of sp³-hybridized carbons (Fsp3) is 0.524. The number of ether oxygens (including phenoxy) is 2. The van der Waals surface area contributed by atoms with Gasteiger partial charge in [0.25, 0.3) is 11.8 Å². The van der Waals surface area contributed by atoms with E-state index in [2.05, 4.69) is 0 Å². The summed E-state index contributed by atoms with van der Waals surface area (Å²) < 4.78 is 11.3. The van der Waals surface area contributed by atoms with Crippen LogP contribution in [0.2, 0.25) is 0 Å². The van der Waals surface area contributed by atoms with E-state index in [1.807, 2.05) is 24.3 Å². The van der Waals surface area contributed by atoms with E-state index in [-0.39, 0.29) is 18.4 Å². The molecular formula is C21H26N2O4. The van der Waals surface area contributed by atoms with Crippen molar-refractivity contribution in [3.63, 3.8) is 0 Å². The van der Waals surface area contributed by atoms with Crippen molar-refractivity contribution in [1.82, 2.24) is 4.90 Å². The van der Waals surface area contributed by atoms with E-state index in [4.69, 9.17) is 9.47 Å². The van der Waals surface area contributed by atoms with Crippen molar-refractivity contribution in [3.05, 3.63) is 35.9 Å². The minimum absolute atomic E-state index is 0.0533. The molecule has 144 valence electrons. The van der Waals surface area contributed by atoms with Crippen molar-refractivity contribution in [2.75, 3.05) is 37.7 Å². The maximum Gasteiger partial charge on any atom is 0.265 e. The molecule has 2 aliphatic heterocycles. The number of benzene rings is 1. The number of hydrogen-bond acceptors (Lipinski definition) is 4. The molecule has 3 aliphatic rings. The molecule has 2 amide bonds. The Morgan fingerprint density at radius 2 is 1.78 bits per heavy atom. The number of fused-ring (bicyclic) bond motifs is 1. The number of carbonyl (C=O) groups is 2. The maximum atomic E-state index is 13.0. The van der Waals surface area contributed by atoms with Crippen LogP contribution in [0.5, 0.6) is 5.75 Å². The Hall–Kier alpha value is -2.34. The van der Waals surface area contributed by atoms with Gasteiger partial charge in [-0.3, -0.25) is 9.59 Å². The van der Waals surface area contributed by atoms with Crippen LogP contribution in [0, 0.1) is 0 Å². The number of para-hydroxylation sites is 2. The highest BCUT2D eigenvalue weighted by molar-refractivity contribution is 6.04. The predicted octanol–water partition coefficient (Wildman–Crippen LogP) is 2.53. The van der Waals surface area contributed by atoms with Crippen LogP contribution in [0.4, 0.5) is 5.69 Å². The van der Waals surface area contributed by atoms with Gasteiger partial charge in [-0.2, -0.15) is 0 Å². The Kier molecular flexibility index (Phi) is 5.43. The van der Waals surface area contributed by atoms with Gasteiger partial charge in [0.05, 0.1) is 25.4 Å². The van der Waals surface area contributed by atoms with Crippen LogP contribution in [0.3, 0.4) is 0 Å². The molecule has 1 aromatic rings. The van der Waals surface area contributed by atoms with E-state index in [9.17, 15) is 9.59 Å². The third-order valence-corrected chi connectivity index (χ3v) is 5.46. The summed E-state index contributed by atoms with van der Waals surface area (Å²) in [6, 6.07) is 7.45. The summed E-state index contributed by atoms with van der Waals surface area (Å²) in [5.74, 6) is 0.462. The summed E-state index contributed by atoms with van der Waals surface area (Å²) in [6.07, 6.45) is 6.63. The molecule has 4 rings (SSSR count). The Labute approximate surface area is 159 Å². The average molecular weight is 370 g/mol. The Bertz CT molecular complexity index is 731. The summed E-state index contributed by atoms with van der Waals surface area (Å²) in [5.41, 5.74) is 1.95. The zero-order valence-corrected chi connectivity index (χ0v) is 15.6. The first kappa shape index (κ1) is 18.0. The highest BCUT2D eigenvalue weighted by Gasteiger charge is 2.36. The topological polar surface area (TPSA) is 59.1 Å². The Morgan fingerprint density at radius 1 is 1.04 bits per heavy atom. The van der Waals surface area contributed by atoms with E-state index in [0.717, 1.165) is 31.4 Å². The monoisotopic (exact) mass is 370 g/mol. The minimum atomic E-state index is -0.674. The zero-order valence-electron chi connectivity index (χ0n) is 15.6. The number of amides is 2. The van der Waals surface area contributed by atoms with Gasteiger partial charge in [-0.1, -0.05) is 24.1 Å². The van der Waals surface area contributed by atoms with Gasteiger partial charge in [0.15, 0.2) is 6.10 Å². The second-order valence-electron chi connectivity index (χ2n) is 7.32. The fourth-order valence-corrected chi connectivity index (χ4v) is 3.96. The lowest BCUT2D eigenvalue weighted by atomic mass is 9.94. The highest BCUT2D eigenvalue weighted by Crippen LogP contribution is 2.34. The summed E-state index contributed by atoms with van der Waals surface area (Å²) in [7, 11) is 0. The van der Waals surface area contributed by atoms with Crippen LogP contribution in [0.25, 0.3) is 0 Å². The number of hydrogen-bond donors (Lipinski definition) is 0. The number of carbonyl (C=O) groups excluding carboxylic acids is 2. The third-order valence-electron chi connectivity index (χ3n) is 5.46. The Balaban J connectivity index is 1.56. The molecule has 1 unspecified atom stereocenters. The molecule has 1 aliphatic carbocycles. The molecule has 1 saturated carbocycles. The van der Waals surface area contributed by atoms with Crippen molar-refractivity contribution < 1.29 is 19.1 Å². The van der Waals surface area contributed by atoms with Gasteiger partial charge in [-0.25, -0.2) is 0 Å². The van der Waals surface area contributed by atoms with Gasteiger partial charge < -0.3 is 19.3 Å². The van der Waals surface area contributed by atoms with Gasteiger partial charge in [-0.15, -0.1) is 0 Å². The fourth-order valence-electron chi connectivity index (χ4n) is 3.96. The summed E-state index contributed by atoms with van der Waals surface area (Å²) in [4.78, 5) is 29.4. The number of morpholine rings is 1. The van der Waals surface area contributed by atoms with Crippen molar-refractivity contribution in [2.24, 2.45) is 0 Å². The lowest BCUT2D eigenvalue weighted by Crippen LogP contribution is -2.53. The molecule has 0 radical (unpaired) electrons. The zero-order chi connectivity index (χ0) is 18.6. The van der Waals surface area contributed by atoms with E-state index in [1.54, 1.807) is 15.9 Å². The first-order valence-electron chi connectivity index (χ1n) is 9.85. The number of nitrogens with zero attached hydrogens (tertiary/aromatic N) is 2. The molecule has 0 aromatic heterocycles. The molecule has 27 heavy (non-hydrogen) atoms. The smallest absolute Gasteiger partial charge is 0.265 e. The average Bonchev–Trinajstić information content (AvgIpc) is 2.73. The number of rotatable bonds is 2. The number of anilines is 1. The largest absolute Gasteiger partial charge is 0.476 e.